The average molecular weight is 221 g/mol. The third-order valence-corrected chi connectivity index (χ3v) is 3.27. The minimum Gasteiger partial charge on any atom is -0.368 e. The third-order valence-electron chi connectivity index (χ3n) is 3.27. The van der Waals surface area contributed by atoms with E-state index >= 15 is 0 Å². The van der Waals surface area contributed by atoms with E-state index in [1.165, 1.54) is 12.1 Å². The fraction of sp³-hybridized carbons (Fsp3) is 0.462. The van der Waals surface area contributed by atoms with Crippen LogP contribution in [-0.4, -0.2) is 18.9 Å². The van der Waals surface area contributed by atoms with E-state index in [-0.39, 0.29) is 5.82 Å². The number of carbonyl (C=O) groups excluding carboxylic acids is 1. The van der Waals surface area contributed by atoms with E-state index in [4.69, 9.17) is 0 Å². The molecular weight excluding hydrogens is 205 g/mol. The van der Waals surface area contributed by atoms with Crippen molar-refractivity contribution in [2.75, 3.05) is 11.4 Å². The molecule has 86 valence electrons. The quantitative estimate of drug-likeness (QED) is 0.731. The summed E-state index contributed by atoms with van der Waals surface area (Å²) < 4.78 is 13.0. The summed E-state index contributed by atoms with van der Waals surface area (Å²) in [7, 11) is 0. The van der Waals surface area contributed by atoms with Crippen LogP contribution in [0.4, 0.5) is 10.1 Å². The molecular formula is C13H16FNO. The number of hydrogen-bond acceptors (Lipinski definition) is 2. The molecule has 0 saturated carbocycles. The molecule has 0 aliphatic carbocycles. The smallest absolute Gasteiger partial charge is 0.152 e. The lowest BCUT2D eigenvalue weighted by Crippen LogP contribution is -2.29. The van der Waals surface area contributed by atoms with E-state index in [9.17, 15) is 9.18 Å². The second-order valence-electron chi connectivity index (χ2n) is 4.22. The Morgan fingerprint density at radius 1 is 1.56 bits per heavy atom. The zero-order chi connectivity index (χ0) is 11.5. The van der Waals surface area contributed by atoms with E-state index in [1.54, 1.807) is 6.07 Å². The summed E-state index contributed by atoms with van der Waals surface area (Å²) in [6.45, 7) is 3.11. The zero-order valence-corrected chi connectivity index (χ0v) is 9.45. The Morgan fingerprint density at radius 3 is 3.06 bits per heavy atom. The van der Waals surface area contributed by atoms with Gasteiger partial charge in [-0.2, -0.15) is 0 Å². The highest BCUT2D eigenvalue weighted by molar-refractivity contribution is 5.84. The number of nitrogens with zero attached hydrogens (tertiary/aromatic N) is 1. The van der Waals surface area contributed by atoms with Crippen molar-refractivity contribution in [3.8, 4) is 0 Å². The maximum Gasteiger partial charge on any atom is 0.152 e. The van der Waals surface area contributed by atoms with Crippen LogP contribution in [0.25, 0.3) is 0 Å². The van der Waals surface area contributed by atoms with Crippen LogP contribution in [0, 0.1) is 5.82 Å². The number of rotatable bonds is 3. The number of hydrogen-bond donors (Lipinski definition) is 0. The van der Waals surface area contributed by atoms with E-state index < -0.39 is 0 Å². The monoisotopic (exact) mass is 221 g/mol. The first-order valence-electron chi connectivity index (χ1n) is 5.77. The standard InChI is InChI=1S/C13H16FNO/c1-2-12-4-3-7-15(12)13-6-5-11(14)8-10(13)9-16/h5-6,8-9,12H,2-4,7H2,1H3. The van der Waals surface area contributed by atoms with Gasteiger partial charge in [0.1, 0.15) is 5.82 Å². The minimum absolute atomic E-state index is 0.349. The summed E-state index contributed by atoms with van der Waals surface area (Å²) in [5.41, 5.74) is 1.33. The predicted molar refractivity (Wildman–Crippen MR) is 62.4 cm³/mol. The van der Waals surface area contributed by atoms with Crippen molar-refractivity contribution in [2.45, 2.75) is 32.2 Å². The van der Waals surface area contributed by atoms with Gasteiger partial charge in [0.15, 0.2) is 6.29 Å². The Hall–Kier alpha value is -1.38. The van der Waals surface area contributed by atoms with Crippen molar-refractivity contribution in [2.24, 2.45) is 0 Å². The molecule has 0 N–H and O–H groups in total. The highest BCUT2D eigenvalue weighted by Crippen LogP contribution is 2.29. The third kappa shape index (κ3) is 1.94. The normalized spacial score (nSPS) is 20.1. The molecule has 1 aromatic carbocycles. The lowest BCUT2D eigenvalue weighted by Gasteiger charge is -2.27. The lowest BCUT2D eigenvalue weighted by molar-refractivity contribution is 0.112. The van der Waals surface area contributed by atoms with Crippen LogP contribution in [0.2, 0.25) is 0 Å². The second kappa shape index (κ2) is 4.64. The molecule has 0 aromatic heterocycles. The van der Waals surface area contributed by atoms with E-state index in [2.05, 4.69) is 11.8 Å². The van der Waals surface area contributed by atoms with Crippen LogP contribution in [0.15, 0.2) is 18.2 Å². The van der Waals surface area contributed by atoms with Crippen molar-refractivity contribution < 1.29 is 9.18 Å². The van der Waals surface area contributed by atoms with E-state index in [0.717, 1.165) is 37.8 Å². The number of aldehydes is 1. The molecule has 2 rings (SSSR count). The SMILES string of the molecule is CCC1CCCN1c1ccc(F)cc1C=O. The van der Waals surface area contributed by atoms with Gasteiger partial charge >= 0.3 is 0 Å². The van der Waals surface area contributed by atoms with Crippen molar-refractivity contribution in [3.05, 3.63) is 29.6 Å². The highest BCUT2D eigenvalue weighted by Gasteiger charge is 2.24. The van der Waals surface area contributed by atoms with Crippen LogP contribution in [0.5, 0.6) is 0 Å². The average Bonchev–Trinajstić information content (AvgIpc) is 2.76. The first kappa shape index (κ1) is 11.1. The molecule has 1 unspecified atom stereocenters. The lowest BCUT2D eigenvalue weighted by atomic mass is 10.1. The number of benzene rings is 1. The molecule has 1 heterocycles. The summed E-state index contributed by atoms with van der Waals surface area (Å²) in [5.74, 6) is -0.349. The number of halogens is 1. The molecule has 1 aromatic rings. The van der Waals surface area contributed by atoms with Crippen molar-refractivity contribution in [3.63, 3.8) is 0 Å². The van der Waals surface area contributed by atoms with Crippen LogP contribution in [-0.2, 0) is 0 Å². The Labute approximate surface area is 95.1 Å². The Bertz CT molecular complexity index is 392. The number of carbonyl (C=O) groups is 1. The van der Waals surface area contributed by atoms with E-state index in [1.807, 2.05) is 0 Å². The molecule has 1 fully saturated rings. The summed E-state index contributed by atoms with van der Waals surface area (Å²) in [6.07, 6.45) is 4.11. The van der Waals surface area contributed by atoms with Crippen LogP contribution >= 0.6 is 0 Å². The van der Waals surface area contributed by atoms with Crippen molar-refractivity contribution in [1.29, 1.82) is 0 Å². The first-order chi connectivity index (χ1) is 7.76. The Kier molecular flexibility index (Phi) is 3.22. The molecule has 1 aliphatic rings. The summed E-state index contributed by atoms with van der Waals surface area (Å²) in [5, 5.41) is 0. The fourth-order valence-electron chi connectivity index (χ4n) is 2.46. The Balaban J connectivity index is 2.35. The predicted octanol–water partition coefficient (Wildman–Crippen LogP) is 3.02. The van der Waals surface area contributed by atoms with Gasteiger partial charge in [0, 0.05) is 23.8 Å². The molecule has 16 heavy (non-hydrogen) atoms. The molecule has 3 heteroatoms. The molecule has 0 spiro atoms. The van der Waals surface area contributed by atoms with Gasteiger partial charge in [0.2, 0.25) is 0 Å². The van der Waals surface area contributed by atoms with Gasteiger partial charge in [-0.3, -0.25) is 4.79 Å². The van der Waals surface area contributed by atoms with Gasteiger partial charge in [0.05, 0.1) is 0 Å². The van der Waals surface area contributed by atoms with Crippen molar-refractivity contribution >= 4 is 12.0 Å². The summed E-state index contributed by atoms with van der Waals surface area (Å²) >= 11 is 0. The van der Waals surface area contributed by atoms with Crippen LogP contribution in [0.1, 0.15) is 36.5 Å². The molecule has 0 radical (unpaired) electrons. The maximum atomic E-state index is 13.0. The summed E-state index contributed by atoms with van der Waals surface area (Å²) in [4.78, 5) is 13.2. The van der Waals surface area contributed by atoms with Gasteiger partial charge in [-0.05, 0) is 37.5 Å². The Morgan fingerprint density at radius 2 is 2.38 bits per heavy atom. The maximum absolute atomic E-state index is 13.0. The molecule has 0 bridgehead atoms. The topological polar surface area (TPSA) is 20.3 Å². The number of anilines is 1. The second-order valence-corrected chi connectivity index (χ2v) is 4.22. The van der Waals surface area contributed by atoms with Crippen LogP contribution in [0.3, 0.4) is 0 Å². The van der Waals surface area contributed by atoms with Gasteiger partial charge < -0.3 is 4.90 Å². The van der Waals surface area contributed by atoms with E-state index in [0.29, 0.717) is 11.6 Å². The van der Waals surface area contributed by atoms with Crippen molar-refractivity contribution in [1.82, 2.24) is 0 Å². The van der Waals surface area contributed by atoms with Crippen LogP contribution < -0.4 is 4.90 Å². The van der Waals surface area contributed by atoms with Gasteiger partial charge in [-0.25, -0.2) is 4.39 Å². The first-order valence-corrected chi connectivity index (χ1v) is 5.77. The van der Waals surface area contributed by atoms with Gasteiger partial charge in [-0.1, -0.05) is 6.92 Å². The van der Waals surface area contributed by atoms with Gasteiger partial charge in [-0.15, -0.1) is 0 Å². The molecule has 1 aliphatic heterocycles. The zero-order valence-electron chi connectivity index (χ0n) is 9.45. The summed E-state index contributed by atoms with van der Waals surface area (Å²) in [6, 6.07) is 4.94. The fourth-order valence-corrected chi connectivity index (χ4v) is 2.46. The molecule has 1 atom stereocenters. The molecule has 0 amide bonds. The van der Waals surface area contributed by atoms with Gasteiger partial charge in [0.25, 0.3) is 0 Å². The molecule has 1 saturated heterocycles. The molecule has 2 nitrogen and oxygen atoms in total. The highest BCUT2D eigenvalue weighted by atomic mass is 19.1. The minimum atomic E-state index is -0.349. The largest absolute Gasteiger partial charge is 0.368 e.